The molecule has 0 spiro atoms. The number of anilines is 1. The monoisotopic (exact) mass is 416 g/mol. The highest BCUT2D eigenvalue weighted by molar-refractivity contribution is 7.14. The normalized spacial score (nSPS) is 17.0. The lowest BCUT2D eigenvalue weighted by Gasteiger charge is -2.23. The van der Waals surface area contributed by atoms with Gasteiger partial charge in [-0.2, -0.15) is 0 Å². The van der Waals surface area contributed by atoms with E-state index in [1.807, 2.05) is 13.0 Å². The first-order chi connectivity index (χ1) is 14.0. The molecule has 1 aliphatic heterocycles. The first kappa shape index (κ1) is 20.5. The summed E-state index contributed by atoms with van der Waals surface area (Å²) < 4.78 is 4.59. The number of hydrogen-bond donors (Lipinski definition) is 2. The molecule has 1 aromatic heterocycles. The number of urea groups is 1. The Labute approximate surface area is 171 Å². The number of benzene rings is 1. The van der Waals surface area contributed by atoms with Crippen LogP contribution in [-0.4, -0.2) is 46.9 Å². The van der Waals surface area contributed by atoms with Crippen molar-refractivity contribution in [1.29, 1.82) is 0 Å². The van der Waals surface area contributed by atoms with Crippen molar-refractivity contribution in [2.24, 2.45) is 0 Å². The number of rotatable bonds is 7. The lowest BCUT2D eigenvalue weighted by Crippen LogP contribution is -2.47. The van der Waals surface area contributed by atoms with E-state index in [-0.39, 0.29) is 10.8 Å². The molecule has 1 aliphatic rings. The zero-order chi connectivity index (χ0) is 21.0. The molecule has 3 rings (SSSR count). The lowest BCUT2D eigenvalue weighted by atomic mass is 10.1. The van der Waals surface area contributed by atoms with E-state index in [2.05, 4.69) is 20.4 Å². The molecule has 2 aromatic rings. The van der Waals surface area contributed by atoms with Crippen molar-refractivity contribution in [2.45, 2.75) is 31.8 Å². The number of hydrogen-bond acceptors (Lipinski definition) is 7. The van der Waals surface area contributed by atoms with E-state index in [1.54, 1.807) is 24.3 Å². The molecule has 2 N–H and O–H groups in total. The maximum Gasteiger partial charge on any atom is 0.357 e. The quantitative estimate of drug-likeness (QED) is 0.528. The lowest BCUT2D eigenvalue weighted by molar-refractivity contribution is -0.134. The maximum absolute atomic E-state index is 12.9. The molecule has 4 amide bonds. The van der Waals surface area contributed by atoms with Gasteiger partial charge in [0, 0.05) is 5.38 Å². The van der Waals surface area contributed by atoms with Gasteiger partial charge in [-0.15, -0.1) is 11.3 Å². The van der Waals surface area contributed by atoms with Crippen LogP contribution in [0.1, 0.15) is 41.9 Å². The van der Waals surface area contributed by atoms with Crippen molar-refractivity contribution in [1.82, 2.24) is 15.2 Å². The molecule has 0 bridgehead atoms. The number of nitrogens with one attached hydrogen (secondary N) is 2. The van der Waals surface area contributed by atoms with Crippen molar-refractivity contribution in [2.75, 3.05) is 12.4 Å². The van der Waals surface area contributed by atoms with E-state index in [9.17, 15) is 19.2 Å². The standard InChI is InChI=1S/C19H20N4O5S/c1-3-7-13(15(24)22-18-20-12(10-29-18)17(26)28-2)23-16(25)14(21-19(23)27)11-8-5-4-6-9-11/h4-6,8-10,13-14H,3,7H2,1-2H3,(H,21,27)(H,20,22,24)/t13-,14+/m1/s1. The van der Waals surface area contributed by atoms with Crippen LogP contribution in [0.2, 0.25) is 0 Å². The highest BCUT2D eigenvalue weighted by Gasteiger charge is 2.45. The number of amides is 4. The number of methoxy groups -OCH3 is 1. The predicted molar refractivity (Wildman–Crippen MR) is 105 cm³/mol. The second kappa shape index (κ2) is 8.82. The van der Waals surface area contributed by atoms with E-state index in [4.69, 9.17) is 0 Å². The second-order valence-electron chi connectivity index (χ2n) is 6.32. The Kier molecular flexibility index (Phi) is 6.23. The molecule has 9 nitrogen and oxygen atoms in total. The molecule has 0 aliphatic carbocycles. The van der Waals surface area contributed by atoms with Crippen molar-refractivity contribution in [3.63, 3.8) is 0 Å². The van der Waals surface area contributed by atoms with E-state index in [1.165, 1.54) is 12.5 Å². The fourth-order valence-electron chi connectivity index (χ4n) is 3.03. The summed E-state index contributed by atoms with van der Waals surface area (Å²) in [4.78, 5) is 54.7. The van der Waals surface area contributed by atoms with Crippen LogP contribution in [0.3, 0.4) is 0 Å². The summed E-state index contributed by atoms with van der Waals surface area (Å²) in [6, 6.07) is 6.40. The molecule has 0 saturated carbocycles. The summed E-state index contributed by atoms with van der Waals surface area (Å²) in [5.41, 5.74) is 0.714. The minimum atomic E-state index is -0.994. The molecule has 152 valence electrons. The SMILES string of the molecule is CCC[C@H](C(=O)Nc1nc(C(=O)OC)cs1)N1C(=O)N[C@@H](c2ccccc2)C1=O. The number of esters is 1. The van der Waals surface area contributed by atoms with Gasteiger partial charge >= 0.3 is 12.0 Å². The summed E-state index contributed by atoms with van der Waals surface area (Å²) in [7, 11) is 1.23. The van der Waals surface area contributed by atoms with E-state index in [0.29, 0.717) is 18.4 Å². The summed E-state index contributed by atoms with van der Waals surface area (Å²) >= 11 is 1.05. The zero-order valence-electron chi connectivity index (χ0n) is 15.9. The minimum Gasteiger partial charge on any atom is -0.464 e. The van der Waals surface area contributed by atoms with Crippen LogP contribution in [0, 0.1) is 0 Å². The number of ether oxygens (including phenoxy) is 1. The minimum absolute atomic E-state index is 0.0685. The molecule has 29 heavy (non-hydrogen) atoms. The van der Waals surface area contributed by atoms with Gasteiger partial charge in [0.25, 0.3) is 5.91 Å². The van der Waals surface area contributed by atoms with Gasteiger partial charge in [-0.1, -0.05) is 43.7 Å². The molecule has 1 saturated heterocycles. The van der Waals surface area contributed by atoms with Gasteiger partial charge in [-0.3, -0.25) is 9.59 Å². The van der Waals surface area contributed by atoms with E-state index >= 15 is 0 Å². The number of aromatic nitrogens is 1. The van der Waals surface area contributed by atoms with E-state index < -0.39 is 35.9 Å². The van der Waals surface area contributed by atoms with Crippen LogP contribution in [0.4, 0.5) is 9.93 Å². The van der Waals surface area contributed by atoms with Crippen LogP contribution in [0.25, 0.3) is 0 Å². The van der Waals surface area contributed by atoms with Crippen LogP contribution >= 0.6 is 11.3 Å². The highest BCUT2D eigenvalue weighted by atomic mass is 32.1. The van der Waals surface area contributed by atoms with Crippen molar-refractivity contribution in [3.05, 3.63) is 47.0 Å². The third-order valence-corrected chi connectivity index (χ3v) is 5.17. The van der Waals surface area contributed by atoms with Gasteiger partial charge in [-0.05, 0) is 12.0 Å². The topological polar surface area (TPSA) is 118 Å². The average Bonchev–Trinajstić information content (AvgIpc) is 3.30. The number of carbonyl (C=O) groups excluding carboxylic acids is 4. The molecule has 1 aromatic carbocycles. The molecule has 1 fully saturated rings. The molecule has 2 atom stereocenters. The first-order valence-corrected chi connectivity index (χ1v) is 9.87. The zero-order valence-corrected chi connectivity index (χ0v) is 16.7. The Morgan fingerprint density at radius 3 is 2.69 bits per heavy atom. The van der Waals surface area contributed by atoms with Gasteiger partial charge in [0.15, 0.2) is 10.8 Å². The molecule has 0 unspecified atom stereocenters. The Morgan fingerprint density at radius 2 is 2.03 bits per heavy atom. The van der Waals surface area contributed by atoms with Gasteiger partial charge in [0.2, 0.25) is 5.91 Å². The number of carbonyl (C=O) groups is 4. The van der Waals surface area contributed by atoms with Crippen LogP contribution in [0.5, 0.6) is 0 Å². The van der Waals surface area contributed by atoms with Crippen molar-refractivity contribution < 1.29 is 23.9 Å². The predicted octanol–water partition coefficient (Wildman–Crippen LogP) is 2.33. The summed E-state index contributed by atoms with van der Waals surface area (Å²) in [5, 5.41) is 6.86. The Balaban J connectivity index is 1.78. The number of thiazole rings is 1. The van der Waals surface area contributed by atoms with Gasteiger partial charge in [0.05, 0.1) is 7.11 Å². The average molecular weight is 416 g/mol. The van der Waals surface area contributed by atoms with Crippen LogP contribution in [0.15, 0.2) is 35.7 Å². The maximum atomic E-state index is 12.9. The van der Waals surface area contributed by atoms with Gasteiger partial charge in [-0.25, -0.2) is 19.5 Å². The highest BCUT2D eigenvalue weighted by Crippen LogP contribution is 2.26. The summed E-state index contributed by atoms with van der Waals surface area (Å²) in [6.07, 6.45) is 0.873. The third-order valence-electron chi connectivity index (χ3n) is 4.41. The second-order valence-corrected chi connectivity index (χ2v) is 7.18. The third kappa shape index (κ3) is 4.27. The fourth-order valence-corrected chi connectivity index (χ4v) is 3.71. The Bertz CT molecular complexity index is 930. The van der Waals surface area contributed by atoms with Gasteiger partial charge in [0.1, 0.15) is 12.1 Å². The summed E-state index contributed by atoms with van der Waals surface area (Å²) in [5.74, 6) is -1.65. The summed E-state index contributed by atoms with van der Waals surface area (Å²) in [6.45, 7) is 1.85. The Hall–Kier alpha value is -3.27. The molecule has 0 radical (unpaired) electrons. The smallest absolute Gasteiger partial charge is 0.357 e. The van der Waals surface area contributed by atoms with Crippen molar-refractivity contribution >= 4 is 40.3 Å². The van der Waals surface area contributed by atoms with Crippen LogP contribution < -0.4 is 10.6 Å². The van der Waals surface area contributed by atoms with Gasteiger partial charge < -0.3 is 15.4 Å². The van der Waals surface area contributed by atoms with Crippen LogP contribution in [-0.2, 0) is 14.3 Å². The fraction of sp³-hybridized carbons (Fsp3) is 0.316. The molecule has 2 heterocycles. The number of nitrogens with zero attached hydrogens (tertiary/aromatic N) is 2. The molecular formula is C19H20N4O5S. The molecule has 10 heteroatoms. The largest absolute Gasteiger partial charge is 0.464 e. The molecular weight excluding hydrogens is 396 g/mol. The van der Waals surface area contributed by atoms with E-state index in [0.717, 1.165) is 16.2 Å². The Morgan fingerprint density at radius 1 is 1.31 bits per heavy atom. The van der Waals surface area contributed by atoms with Crippen molar-refractivity contribution in [3.8, 4) is 0 Å². The first-order valence-electron chi connectivity index (χ1n) is 8.99. The number of imide groups is 1.